The number of aromatic nitrogens is 2. The van der Waals surface area contributed by atoms with E-state index in [1.165, 1.54) is 59.7 Å². The van der Waals surface area contributed by atoms with Gasteiger partial charge in [0.05, 0.1) is 16.7 Å². The van der Waals surface area contributed by atoms with Crippen LogP contribution in [0.15, 0.2) is 182 Å². The Balaban J connectivity index is 1.32. The molecule has 0 bridgehead atoms. The van der Waals surface area contributed by atoms with Gasteiger partial charge in [-0.1, -0.05) is 164 Å². The van der Waals surface area contributed by atoms with Gasteiger partial charge in [-0.05, 0) is 62.0 Å². The lowest BCUT2D eigenvalue weighted by molar-refractivity contribution is 1.09. The molecule has 49 heavy (non-hydrogen) atoms. The molecular weight excluding hydrogens is 593 g/mol. The predicted octanol–water partition coefficient (Wildman–Crippen LogP) is 12.6. The van der Waals surface area contributed by atoms with E-state index in [0.717, 1.165) is 33.7 Å². The minimum absolute atomic E-state index is 0.902. The molecule has 0 aliphatic rings. The van der Waals surface area contributed by atoms with Gasteiger partial charge in [0, 0.05) is 27.1 Å². The molecule has 228 valence electrons. The minimum atomic E-state index is 0.902. The second kappa shape index (κ2) is 11.0. The van der Waals surface area contributed by atoms with E-state index >= 15 is 0 Å². The predicted molar refractivity (Wildman–Crippen MR) is 207 cm³/mol. The van der Waals surface area contributed by atoms with Gasteiger partial charge in [-0.2, -0.15) is 0 Å². The molecule has 8 aromatic carbocycles. The van der Waals surface area contributed by atoms with Crippen molar-refractivity contribution in [2.45, 2.75) is 0 Å². The Labute approximate surface area is 284 Å². The topological polar surface area (TPSA) is 17.8 Å². The summed E-state index contributed by atoms with van der Waals surface area (Å²) in [5.74, 6) is 0.902. The number of rotatable bonds is 4. The number of benzene rings is 8. The first-order valence-corrected chi connectivity index (χ1v) is 16.8. The highest BCUT2D eigenvalue weighted by molar-refractivity contribution is 6.36. The fraction of sp³-hybridized carbons (Fsp3) is 0. The summed E-state index contributed by atoms with van der Waals surface area (Å²) in [6.45, 7) is 0. The molecular formula is C47H30N2. The summed E-state index contributed by atoms with van der Waals surface area (Å²) in [7, 11) is 0. The molecule has 0 aliphatic heterocycles. The Morgan fingerprint density at radius 3 is 1.67 bits per heavy atom. The Morgan fingerprint density at radius 2 is 0.918 bits per heavy atom. The third-order valence-electron chi connectivity index (χ3n) is 9.96. The normalized spacial score (nSPS) is 11.7. The van der Waals surface area contributed by atoms with E-state index in [1.54, 1.807) is 0 Å². The van der Waals surface area contributed by atoms with Crippen LogP contribution in [0.2, 0.25) is 0 Å². The molecule has 2 heteroatoms. The zero-order valence-electron chi connectivity index (χ0n) is 26.7. The van der Waals surface area contributed by atoms with Crippen molar-refractivity contribution < 1.29 is 0 Å². The fourth-order valence-corrected chi connectivity index (χ4v) is 7.72. The number of hydrogen-bond acceptors (Lipinski definition) is 1. The van der Waals surface area contributed by atoms with Crippen LogP contribution in [-0.4, -0.2) is 9.55 Å². The average molecular weight is 623 g/mol. The Morgan fingerprint density at radius 1 is 0.347 bits per heavy atom. The van der Waals surface area contributed by atoms with Crippen molar-refractivity contribution in [2.24, 2.45) is 0 Å². The van der Waals surface area contributed by atoms with Crippen molar-refractivity contribution in [1.82, 2.24) is 9.55 Å². The van der Waals surface area contributed by atoms with Gasteiger partial charge in [-0.15, -0.1) is 0 Å². The maximum atomic E-state index is 5.49. The molecule has 2 heterocycles. The Hall–Kier alpha value is -6.51. The lowest BCUT2D eigenvalue weighted by atomic mass is 9.93. The van der Waals surface area contributed by atoms with Gasteiger partial charge < -0.3 is 0 Å². The number of nitrogens with zero attached hydrogens (tertiary/aromatic N) is 2. The van der Waals surface area contributed by atoms with Crippen LogP contribution >= 0.6 is 0 Å². The summed E-state index contributed by atoms with van der Waals surface area (Å²) in [5.41, 5.74) is 9.05. The summed E-state index contributed by atoms with van der Waals surface area (Å²) < 4.78 is 2.41. The summed E-state index contributed by atoms with van der Waals surface area (Å²) >= 11 is 0. The first kappa shape index (κ1) is 27.6. The highest BCUT2D eigenvalue weighted by atomic mass is 15.1. The first-order valence-electron chi connectivity index (χ1n) is 16.8. The van der Waals surface area contributed by atoms with E-state index in [-0.39, 0.29) is 0 Å². The number of para-hydroxylation sites is 1. The van der Waals surface area contributed by atoms with Crippen LogP contribution < -0.4 is 0 Å². The van der Waals surface area contributed by atoms with Crippen LogP contribution in [-0.2, 0) is 0 Å². The molecule has 0 spiro atoms. The maximum absolute atomic E-state index is 5.49. The van der Waals surface area contributed by atoms with E-state index in [0.29, 0.717) is 0 Å². The second-order valence-electron chi connectivity index (χ2n) is 12.7. The van der Waals surface area contributed by atoms with Crippen molar-refractivity contribution >= 4 is 54.1 Å². The van der Waals surface area contributed by atoms with E-state index in [4.69, 9.17) is 4.98 Å². The molecule has 0 atom stereocenters. The van der Waals surface area contributed by atoms with E-state index in [9.17, 15) is 0 Å². The van der Waals surface area contributed by atoms with E-state index in [2.05, 4.69) is 187 Å². The SMILES string of the molecule is c1ccc(-c2ccc(-c3cc(-c4ccccc4)cc(-n4c5ccccc5c5c6c7ccccc7ccc6c6ccccc6c54)n3)cc2)cc1. The first-order chi connectivity index (χ1) is 24.3. The molecule has 0 saturated carbocycles. The molecule has 2 aromatic heterocycles. The smallest absolute Gasteiger partial charge is 0.138 e. The van der Waals surface area contributed by atoms with E-state index in [1.807, 2.05) is 0 Å². The summed E-state index contributed by atoms with van der Waals surface area (Å²) in [5, 5.41) is 10.0. The molecule has 0 N–H and O–H groups in total. The summed E-state index contributed by atoms with van der Waals surface area (Å²) in [4.78, 5) is 5.49. The van der Waals surface area contributed by atoms with Crippen molar-refractivity contribution in [3.8, 4) is 39.3 Å². The van der Waals surface area contributed by atoms with Crippen molar-refractivity contribution in [1.29, 1.82) is 0 Å². The molecule has 2 nitrogen and oxygen atoms in total. The molecule has 0 radical (unpaired) electrons. The molecule has 0 unspecified atom stereocenters. The summed E-state index contributed by atoms with van der Waals surface area (Å²) in [6, 6.07) is 65.5. The van der Waals surface area contributed by atoms with Gasteiger partial charge in [0.15, 0.2) is 0 Å². The standard InChI is InChI=1S/C47H30N2/c1-3-13-31(14-4-1)33-23-25-35(26-24-33)42-29-36(32-15-5-2-6-16-32)30-44(48-42)49-43-22-12-11-21-41(43)46-45-37-18-8-7-17-34(37)27-28-39(45)38-19-9-10-20-40(38)47(46)49/h1-30H. The second-order valence-corrected chi connectivity index (χ2v) is 12.7. The van der Waals surface area contributed by atoms with Crippen LogP contribution in [0, 0.1) is 0 Å². The van der Waals surface area contributed by atoms with Gasteiger partial charge in [0.25, 0.3) is 0 Å². The van der Waals surface area contributed by atoms with Gasteiger partial charge in [-0.25, -0.2) is 4.98 Å². The number of pyridine rings is 1. The molecule has 10 aromatic rings. The number of hydrogen-bond donors (Lipinski definition) is 0. The monoisotopic (exact) mass is 622 g/mol. The molecule has 0 saturated heterocycles. The molecule has 10 rings (SSSR count). The Kier molecular flexibility index (Phi) is 6.22. The van der Waals surface area contributed by atoms with Gasteiger partial charge in [0.2, 0.25) is 0 Å². The molecule has 0 amide bonds. The quantitative estimate of drug-likeness (QED) is 0.179. The lowest BCUT2D eigenvalue weighted by Crippen LogP contribution is -2.00. The fourth-order valence-electron chi connectivity index (χ4n) is 7.72. The zero-order chi connectivity index (χ0) is 32.3. The van der Waals surface area contributed by atoms with Gasteiger partial charge in [-0.3, -0.25) is 4.57 Å². The van der Waals surface area contributed by atoms with Crippen LogP contribution in [0.3, 0.4) is 0 Å². The zero-order valence-corrected chi connectivity index (χ0v) is 26.7. The lowest BCUT2D eigenvalue weighted by Gasteiger charge is -2.15. The molecule has 0 aliphatic carbocycles. The van der Waals surface area contributed by atoms with Gasteiger partial charge >= 0.3 is 0 Å². The third-order valence-corrected chi connectivity index (χ3v) is 9.96. The molecule has 0 fully saturated rings. The maximum Gasteiger partial charge on any atom is 0.138 e. The van der Waals surface area contributed by atoms with Crippen molar-refractivity contribution in [2.75, 3.05) is 0 Å². The summed E-state index contributed by atoms with van der Waals surface area (Å²) in [6.07, 6.45) is 0. The van der Waals surface area contributed by atoms with Gasteiger partial charge in [0.1, 0.15) is 5.82 Å². The minimum Gasteiger partial charge on any atom is -0.293 e. The Bertz CT molecular complexity index is 2850. The highest BCUT2D eigenvalue weighted by Gasteiger charge is 2.21. The van der Waals surface area contributed by atoms with Crippen LogP contribution in [0.25, 0.3) is 93.5 Å². The van der Waals surface area contributed by atoms with Crippen LogP contribution in [0.4, 0.5) is 0 Å². The van der Waals surface area contributed by atoms with Crippen molar-refractivity contribution in [3.05, 3.63) is 182 Å². The van der Waals surface area contributed by atoms with Crippen LogP contribution in [0.1, 0.15) is 0 Å². The third kappa shape index (κ3) is 4.38. The number of fused-ring (bicyclic) bond motifs is 10. The van der Waals surface area contributed by atoms with Crippen molar-refractivity contribution in [3.63, 3.8) is 0 Å². The van der Waals surface area contributed by atoms with E-state index < -0.39 is 0 Å². The largest absolute Gasteiger partial charge is 0.293 e. The highest BCUT2D eigenvalue weighted by Crippen LogP contribution is 2.45. The van der Waals surface area contributed by atoms with Crippen LogP contribution in [0.5, 0.6) is 0 Å². The average Bonchev–Trinajstić information content (AvgIpc) is 3.54.